The van der Waals surface area contributed by atoms with Crippen molar-refractivity contribution in [3.8, 4) is 0 Å². The van der Waals surface area contributed by atoms with Gasteiger partial charge in [0.2, 0.25) is 10.0 Å². The van der Waals surface area contributed by atoms with Gasteiger partial charge in [-0.05, 0) is 43.2 Å². The molecule has 0 aliphatic carbocycles. The number of carbonyl (C=O) groups is 1. The lowest BCUT2D eigenvalue weighted by Gasteiger charge is -2.20. The van der Waals surface area contributed by atoms with E-state index in [1.165, 1.54) is 23.5 Å². The largest absolute Gasteiger partial charge is 0.321 e. The molecule has 0 radical (unpaired) electrons. The molecule has 3 aromatic rings. The second-order valence-corrected chi connectivity index (χ2v) is 9.56. The molecule has 1 N–H and O–H groups in total. The molecule has 1 saturated heterocycles. The molecule has 0 bridgehead atoms. The smallest absolute Gasteiger partial charge is 0.276 e. The number of hydrogen-bond donors (Lipinski definition) is 1. The SMILES string of the molecule is Cn1nc(C(=O)Nc2ccc(S(=O)(=O)N3CCCCCC3)cc2)c2ccccc2c1=O. The van der Waals surface area contributed by atoms with Crippen molar-refractivity contribution in [1.82, 2.24) is 14.1 Å². The highest BCUT2D eigenvalue weighted by molar-refractivity contribution is 7.89. The minimum absolute atomic E-state index is 0.124. The number of benzene rings is 2. The van der Waals surface area contributed by atoms with Crippen LogP contribution in [0.25, 0.3) is 10.8 Å². The van der Waals surface area contributed by atoms with Gasteiger partial charge in [0.05, 0.1) is 10.3 Å². The van der Waals surface area contributed by atoms with E-state index in [0.29, 0.717) is 29.5 Å². The van der Waals surface area contributed by atoms with Crippen LogP contribution in [0, 0.1) is 0 Å². The summed E-state index contributed by atoms with van der Waals surface area (Å²) in [5, 5.41) is 7.72. The van der Waals surface area contributed by atoms with Crippen LogP contribution >= 0.6 is 0 Å². The highest BCUT2D eigenvalue weighted by Crippen LogP contribution is 2.22. The minimum Gasteiger partial charge on any atom is -0.321 e. The number of aromatic nitrogens is 2. The fourth-order valence-electron chi connectivity index (χ4n) is 3.80. The summed E-state index contributed by atoms with van der Waals surface area (Å²) in [5.74, 6) is -0.477. The lowest BCUT2D eigenvalue weighted by molar-refractivity contribution is 0.102. The van der Waals surface area contributed by atoms with E-state index in [9.17, 15) is 18.0 Å². The first kappa shape index (κ1) is 21.2. The van der Waals surface area contributed by atoms with E-state index in [2.05, 4.69) is 10.4 Å². The lowest BCUT2D eigenvalue weighted by atomic mass is 10.1. The summed E-state index contributed by atoms with van der Waals surface area (Å²) in [4.78, 5) is 25.3. The van der Waals surface area contributed by atoms with Gasteiger partial charge in [-0.25, -0.2) is 13.1 Å². The maximum atomic E-state index is 12.9. The van der Waals surface area contributed by atoms with Crippen LogP contribution in [-0.4, -0.2) is 41.5 Å². The molecule has 8 nitrogen and oxygen atoms in total. The minimum atomic E-state index is -3.55. The number of fused-ring (bicyclic) bond motifs is 1. The first-order valence-electron chi connectivity index (χ1n) is 10.3. The molecule has 2 aromatic carbocycles. The number of aryl methyl sites for hydroxylation is 1. The fourth-order valence-corrected chi connectivity index (χ4v) is 5.32. The normalized spacial score (nSPS) is 15.5. The zero-order chi connectivity index (χ0) is 22.0. The van der Waals surface area contributed by atoms with Crippen LogP contribution in [-0.2, 0) is 17.1 Å². The number of nitrogens with one attached hydrogen (secondary N) is 1. The molecule has 2 heterocycles. The number of amides is 1. The Morgan fingerprint density at radius 1 is 0.935 bits per heavy atom. The van der Waals surface area contributed by atoms with Gasteiger partial charge in [0.15, 0.2) is 5.69 Å². The standard InChI is InChI=1S/C22H24N4O4S/c1-25-22(28)19-9-5-4-8-18(19)20(24-25)21(27)23-16-10-12-17(13-11-16)31(29,30)26-14-6-2-3-7-15-26/h4-5,8-13H,2-3,6-7,14-15H2,1H3,(H,23,27). The molecule has 0 unspecified atom stereocenters. The number of sulfonamides is 1. The Balaban J connectivity index is 1.57. The number of anilines is 1. The first-order chi connectivity index (χ1) is 14.9. The molecule has 31 heavy (non-hydrogen) atoms. The van der Waals surface area contributed by atoms with Crippen molar-refractivity contribution in [2.24, 2.45) is 7.05 Å². The molecule has 0 saturated carbocycles. The van der Waals surface area contributed by atoms with E-state index >= 15 is 0 Å². The van der Waals surface area contributed by atoms with Gasteiger partial charge in [-0.3, -0.25) is 9.59 Å². The summed E-state index contributed by atoms with van der Waals surface area (Å²) in [6.45, 7) is 1.07. The molecular formula is C22H24N4O4S. The van der Waals surface area contributed by atoms with Crippen LogP contribution in [0.15, 0.2) is 58.2 Å². The Morgan fingerprint density at radius 2 is 1.55 bits per heavy atom. The van der Waals surface area contributed by atoms with Crippen molar-refractivity contribution >= 4 is 32.4 Å². The molecule has 1 amide bonds. The summed E-state index contributed by atoms with van der Waals surface area (Å²) in [5.41, 5.74) is 0.286. The van der Waals surface area contributed by atoms with Crippen molar-refractivity contribution in [3.05, 3.63) is 64.6 Å². The third-order valence-electron chi connectivity index (χ3n) is 5.49. The van der Waals surface area contributed by atoms with Gasteiger partial charge in [-0.1, -0.05) is 31.0 Å². The number of rotatable bonds is 4. The zero-order valence-electron chi connectivity index (χ0n) is 17.2. The van der Waals surface area contributed by atoms with E-state index in [0.717, 1.165) is 30.4 Å². The highest BCUT2D eigenvalue weighted by Gasteiger charge is 2.25. The van der Waals surface area contributed by atoms with Crippen LogP contribution in [0.1, 0.15) is 36.2 Å². The van der Waals surface area contributed by atoms with Crippen LogP contribution in [0.2, 0.25) is 0 Å². The van der Waals surface area contributed by atoms with Crippen LogP contribution in [0.5, 0.6) is 0 Å². The fraction of sp³-hybridized carbons (Fsp3) is 0.318. The lowest BCUT2D eigenvalue weighted by Crippen LogP contribution is -2.31. The highest BCUT2D eigenvalue weighted by atomic mass is 32.2. The molecule has 1 fully saturated rings. The predicted molar refractivity (Wildman–Crippen MR) is 119 cm³/mol. The molecule has 1 aromatic heterocycles. The van der Waals surface area contributed by atoms with E-state index in [4.69, 9.17) is 0 Å². The summed E-state index contributed by atoms with van der Waals surface area (Å²) < 4.78 is 28.5. The summed E-state index contributed by atoms with van der Waals surface area (Å²) in [7, 11) is -2.06. The van der Waals surface area contributed by atoms with Crippen LogP contribution in [0.3, 0.4) is 0 Å². The van der Waals surface area contributed by atoms with Gasteiger partial charge in [-0.2, -0.15) is 9.40 Å². The van der Waals surface area contributed by atoms with Crippen molar-refractivity contribution in [3.63, 3.8) is 0 Å². The number of hydrogen-bond acceptors (Lipinski definition) is 5. The van der Waals surface area contributed by atoms with Gasteiger partial charge in [0.1, 0.15) is 0 Å². The van der Waals surface area contributed by atoms with Gasteiger partial charge >= 0.3 is 0 Å². The van der Waals surface area contributed by atoms with Crippen molar-refractivity contribution < 1.29 is 13.2 Å². The van der Waals surface area contributed by atoms with E-state index in [-0.39, 0.29) is 16.1 Å². The molecule has 1 aliphatic heterocycles. The Kier molecular flexibility index (Phi) is 5.88. The van der Waals surface area contributed by atoms with Crippen LogP contribution in [0.4, 0.5) is 5.69 Å². The summed E-state index contributed by atoms with van der Waals surface area (Å²) in [6, 6.07) is 12.9. The molecular weight excluding hydrogens is 416 g/mol. The van der Waals surface area contributed by atoms with Gasteiger partial charge in [-0.15, -0.1) is 0 Å². The second kappa shape index (κ2) is 8.60. The van der Waals surface area contributed by atoms with E-state index in [1.807, 2.05) is 0 Å². The quantitative estimate of drug-likeness (QED) is 0.672. The molecule has 1 aliphatic rings. The number of nitrogens with zero attached hydrogens (tertiary/aromatic N) is 3. The van der Waals surface area contributed by atoms with Crippen molar-refractivity contribution in [1.29, 1.82) is 0 Å². The number of carbonyl (C=O) groups excluding carboxylic acids is 1. The average molecular weight is 441 g/mol. The van der Waals surface area contributed by atoms with E-state index in [1.54, 1.807) is 36.4 Å². The third kappa shape index (κ3) is 4.24. The molecule has 0 spiro atoms. The van der Waals surface area contributed by atoms with Gasteiger partial charge in [0, 0.05) is 31.2 Å². The monoisotopic (exact) mass is 440 g/mol. The summed E-state index contributed by atoms with van der Waals surface area (Å²) in [6.07, 6.45) is 3.83. The van der Waals surface area contributed by atoms with Gasteiger partial charge < -0.3 is 5.32 Å². The first-order valence-corrected chi connectivity index (χ1v) is 11.7. The zero-order valence-corrected chi connectivity index (χ0v) is 18.1. The third-order valence-corrected chi connectivity index (χ3v) is 7.40. The molecule has 162 valence electrons. The maximum absolute atomic E-state index is 12.9. The topological polar surface area (TPSA) is 101 Å². The van der Waals surface area contributed by atoms with Gasteiger partial charge in [0.25, 0.3) is 11.5 Å². The van der Waals surface area contributed by atoms with Crippen molar-refractivity contribution in [2.45, 2.75) is 30.6 Å². The van der Waals surface area contributed by atoms with E-state index < -0.39 is 15.9 Å². The summed E-state index contributed by atoms with van der Waals surface area (Å²) >= 11 is 0. The Bertz CT molecular complexity index is 1280. The molecule has 0 atom stereocenters. The Morgan fingerprint density at radius 3 is 2.19 bits per heavy atom. The maximum Gasteiger partial charge on any atom is 0.276 e. The molecule has 4 rings (SSSR count). The molecule has 9 heteroatoms. The predicted octanol–water partition coefficient (Wildman–Crippen LogP) is 2.75. The Hall–Kier alpha value is -3.04. The van der Waals surface area contributed by atoms with Crippen molar-refractivity contribution in [2.75, 3.05) is 18.4 Å². The average Bonchev–Trinajstić information content (AvgIpc) is 3.07. The van der Waals surface area contributed by atoms with Crippen LogP contribution < -0.4 is 10.9 Å². The second-order valence-electron chi connectivity index (χ2n) is 7.62. The Labute approximate surface area is 180 Å².